The molecule has 0 aliphatic carbocycles. The van der Waals surface area contributed by atoms with Crippen molar-refractivity contribution in [1.82, 2.24) is 19.7 Å². The van der Waals surface area contributed by atoms with Crippen molar-refractivity contribution in [3.63, 3.8) is 0 Å². The van der Waals surface area contributed by atoms with Crippen LogP contribution in [0, 0.1) is 12.3 Å². The van der Waals surface area contributed by atoms with E-state index >= 15 is 0 Å². The molecule has 41 heavy (non-hydrogen) atoms. The minimum absolute atomic E-state index is 0.0147. The van der Waals surface area contributed by atoms with Gasteiger partial charge in [-0.25, -0.2) is 4.68 Å². The first-order chi connectivity index (χ1) is 20.1. The van der Waals surface area contributed by atoms with Gasteiger partial charge in [-0.1, -0.05) is 19.8 Å². The van der Waals surface area contributed by atoms with Gasteiger partial charge in [0.25, 0.3) is 0 Å². The lowest BCUT2D eigenvalue weighted by molar-refractivity contribution is -0.0262. The maximum Gasteiger partial charge on any atom is 0.226 e. The standard InChI is InChI=1S/C28H44ClN5O7/c1-4-9-33(20-22(6-3)40-18-17-39-16-15-38-14-13-37-12-11-36-10-5-2)26-24-19-30-34(27(24)32-28(29)31-26)25-8-7-23(21-35)41-25/h2,19,22-23,25,35H,4,6-18,20-21H2,1,3H3. The van der Waals surface area contributed by atoms with Gasteiger partial charge < -0.3 is 38.4 Å². The summed E-state index contributed by atoms with van der Waals surface area (Å²) >= 11 is 6.39. The molecule has 3 atom stereocenters. The zero-order valence-electron chi connectivity index (χ0n) is 24.2. The van der Waals surface area contributed by atoms with E-state index in [1.54, 1.807) is 10.9 Å². The summed E-state index contributed by atoms with van der Waals surface area (Å²) in [5.41, 5.74) is 0.620. The average molecular weight is 598 g/mol. The SMILES string of the molecule is C#CCOCCOCCOCCOCCOC(CC)CN(CCC)c1nc(Cl)nc2c1cnn2C1CCC(CO)O1. The fourth-order valence-electron chi connectivity index (χ4n) is 4.50. The highest BCUT2D eigenvalue weighted by molar-refractivity contribution is 6.28. The number of hydrogen-bond donors (Lipinski definition) is 1. The third kappa shape index (κ3) is 10.9. The molecular weight excluding hydrogens is 554 g/mol. The van der Waals surface area contributed by atoms with Crippen LogP contribution in [0.15, 0.2) is 6.20 Å². The fraction of sp³-hybridized carbons (Fsp3) is 0.750. The van der Waals surface area contributed by atoms with Gasteiger partial charge >= 0.3 is 0 Å². The Hall–Kier alpha value is -2.08. The van der Waals surface area contributed by atoms with Gasteiger partial charge in [-0.2, -0.15) is 15.1 Å². The van der Waals surface area contributed by atoms with Gasteiger partial charge in [0, 0.05) is 13.1 Å². The van der Waals surface area contributed by atoms with E-state index in [9.17, 15) is 5.11 Å². The van der Waals surface area contributed by atoms with Crippen LogP contribution in [-0.4, -0.2) is 116 Å². The lowest BCUT2D eigenvalue weighted by atomic mass is 10.2. The van der Waals surface area contributed by atoms with Crippen molar-refractivity contribution in [1.29, 1.82) is 0 Å². The van der Waals surface area contributed by atoms with Crippen molar-refractivity contribution < 1.29 is 33.5 Å². The Morgan fingerprint density at radius 3 is 2.37 bits per heavy atom. The van der Waals surface area contributed by atoms with E-state index in [2.05, 4.69) is 39.7 Å². The van der Waals surface area contributed by atoms with Crippen LogP contribution < -0.4 is 4.90 Å². The van der Waals surface area contributed by atoms with Crippen LogP contribution in [0.5, 0.6) is 0 Å². The molecule has 1 saturated heterocycles. The molecule has 3 unspecified atom stereocenters. The molecule has 0 radical (unpaired) electrons. The summed E-state index contributed by atoms with van der Waals surface area (Å²) in [5.74, 6) is 3.13. The van der Waals surface area contributed by atoms with Gasteiger partial charge in [0.2, 0.25) is 5.28 Å². The molecule has 12 nitrogen and oxygen atoms in total. The highest BCUT2D eigenvalue weighted by atomic mass is 35.5. The number of rotatable bonds is 22. The number of aliphatic hydroxyl groups excluding tert-OH is 1. The molecule has 2 aromatic heterocycles. The summed E-state index contributed by atoms with van der Waals surface area (Å²) in [6.45, 7) is 9.81. The van der Waals surface area contributed by atoms with E-state index in [1.807, 2.05) is 0 Å². The van der Waals surface area contributed by atoms with Crippen LogP contribution in [0.1, 0.15) is 45.8 Å². The highest BCUT2D eigenvalue weighted by Gasteiger charge is 2.29. The van der Waals surface area contributed by atoms with Crippen molar-refractivity contribution in [2.75, 3.05) is 84.1 Å². The van der Waals surface area contributed by atoms with Crippen LogP contribution in [0.3, 0.4) is 0 Å². The van der Waals surface area contributed by atoms with Crippen molar-refractivity contribution in [3.05, 3.63) is 11.5 Å². The maximum absolute atomic E-state index is 9.46. The van der Waals surface area contributed by atoms with Crippen LogP contribution >= 0.6 is 11.6 Å². The van der Waals surface area contributed by atoms with Gasteiger partial charge in [-0.3, -0.25) is 0 Å². The van der Waals surface area contributed by atoms with Crippen molar-refractivity contribution in [3.8, 4) is 12.3 Å². The molecule has 1 aliphatic heterocycles. The number of nitrogens with zero attached hydrogens (tertiary/aromatic N) is 5. The predicted octanol–water partition coefficient (Wildman–Crippen LogP) is 2.86. The van der Waals surface area contributed by atoms with Gasteiger partial charge in [0.05, 0.1) is 83.3 Å². The summed E-state index contributed by atoms with van der Waals surface area (Å²) in [6.07, 6.45) is 9.63. The third-order valence-corrected chi connectivity index (χ3v) is 6.69. The van der Waals surface area contributed by atoms with Crippen molar-refractivity contribution in [2.24, 2.45) is 0 Å². The first kappa shape index (κ1) is 33.4. The quantitative estimate of drug-likeness (QED) is 0.122. The minimum Gasteiger partial charge on any atom is -0.394 e. The summed E-state index contributed by atoms with van der Waals surface area (Å²) in [6, 6.07) is 0. The van der Waals surface area contributed by atoms with E-state index in [0.29, 0.717) is 71.7 Å². The third-order valence-electron chi connectivity index (χ3n) is 6.52. The first-order valence-electron chi connectivity index (χ1n) is 14.4. The molecule has 1 N–H and O–H groups in total. The average Bonchev–Trinajstić information content (AvgIpc) is 3.63. The van der Waals surface area contributed by atoms with E-state index in [4.69, 9.17) is 46.4 Å². The topological polar surface area (TPSA) is 122 Å². The smallest absolute Gasteiger partial charge is 0.226 e. The summed E-state index contributed by atoms with van der Waals surface area (Å²) in [4.78, 5) is 11.2. The maximum atomic E-state index is 9.46. The lowest BCUT2D eigenvalue weighted by Crippen LogP contribution is -2.35. The highest BCUT2D eigenvalue weighted by Crippen LogP contribution is 2.33. The Balaban J connectivity index is 1.43. The molecule has 13 heteroatoms. The molecule has 3 rings (SSSR count). The van der Waals surface area contributed by atoms with Gasteiger partial charge in [-0.05, 0) is 37.3 Å². The van der Waals surface area contributed by atoms with E-state index in [0.717, 1.165) is 43.4 Å². The number of hydrogen-bond acceptors (Lipinski definition) is 11. The summed E-state index contributed by atoms with van der Waals surface area (Å²) < 4.78 is 35.5. The van der Waals surface area contributed by atoms with Gasteiger partial charge in [0.15, 0.2) is 11.9 Å². The molecule has 0 spiro atoms. The summed E-state index contributed by atoms with van der Waals surface area (Å²) in [5, 5.41) is 15.0. The second-order valence-electron chi connectivity index (χ2n) is 9.56. The minimum atomic E-state index is -0.293. The normalized spacial score (nSPS) is 17.7. The molecule has 0 bridgehead atoms. The molecule has 1 aliphatic rings. The molecular formula is C28H44ClN5O7. The van der Waals surface area contributed by atoms with E-state index < -0.39 is 0 Å². The number of terminal acetylenes is 1. The molecule has 0 amide bonds. The fourth-order valence-corrected chi connectivity index (χ4v) is 4.66. The Kier molecular flexibility index (Phi) is 15.6. The zero-order valence-corrected chi connectivity index (χ0v) is 25.0. The van der Waals surface area contributed by atoms with Crippen LogP contribution in [-0.2, 0) is 28.4 Å². The van der Waals surface area contributed by atoms with E-state index in [-0.39, 0.29) is 30.3 Å². The first-order valence-corrected chi connectivity index (χ1v) is 14.8. The van der Waals surface area contributed by atoms with Crippen LogP contribution in [0.25, 0.3) is 11.0 Å². The number of aliphatic hydroxyl groups is 1. The molecule has 0 saturated carbocycles. The molecule has 2 aromatic rings. The number of aromatic nitrogens is 4. The van der Waals surface area contributed by atoms with Gasteiger partial charge in [-0.15, -0.1) is 6.42 Å². The van der Waals surface area contributed by atoms with Crippen molar-refractivity contribution >= 4 is 28.5 Å². The molecule has 3 heterocycles. The van der Waals surface area contributed by atoms with Crippen LogP contribution in [0.2, 0.25) is 5.28 Å². The predicted molar refractivity (Wildman–Crippen MR) is 155 cm³/mol. The van der Waals surface area contributed by atoms with Gasteiger partial charge in [0.1, 0.15) is 12.4 Å². The Labute approximate surface area is 247 Å². The Bertz CT molecular complexity index is 1050. The Morgan fingerprint density at radius 1 is 1.07 bits per heavy atom. The Morgan fingerprint density at radius 2 is 1.76 bits per heavy atom. The van der Waals surface area contributed by atoms with Crippen molar-refractivity contribution in [2.45, 2.75) is 58.0 Å². The van der Waals surface area contributed by atoms with Crippen LogP contribution in [0.4, 0.5) is 5.82 Å². The lowest BCUT2D eigenvalue weighted by Gasteiger charge is -2.28. The molecule has 1 fully saturated rings. The number of fused-ring (bicyclic) bond motifs is 1. The molecule has 230 valence electrons. The monoisotopic (exact) mass is 597 g/mol. The largest absolute Gasteiger partial charge is 0.394 e. The second kappa shape index (κ2) is 19.2. The number of ether oxygens (including phenoxy) is 6. The number of halogens is 1. The second-order valence-corrected chi connectivity index (χ2v) is 9.89. The zero-order chi connectivity index (χ0) is 29.3. The summed E-state index contributed by atoms with van der Waals surface area (Å²) in [7, 11) is 0. The number of anilines is 1. The molecule has 0 aromatic carbocycles. The van der Waals surface area contributed by atoms with E-state index in [1.165, 1.54) is 0 Å².